The highest BCUT2D eigenvalue weighted by Gasteiger charge is 2.43. The number of aryl methyl sites for hydroxylation is 2. The Kier molecular flexibility index (Phi) is 5.98. The van der Waals surface area contributed by atoms with Crippen molar-refractivity contribution in [2.24, 2.45) is 5.92 Å². The van der Waals surface area contributed by atoms with Gasteiger partial charge in [0.2, 0.25) is 17.7 Å². The average molecular weight is 427 g/mol. The number of rotatable bonds is 5. The number of benzene rings is 1. The Morgan fingerprint density at radius 1 is 1.23 bits per heavy atom. The zero-order valence-electron chi connectivity index (χ0n) is 18.4. The molecule has 2 heterocycles. The summed E-state index contributed by atoms with van der Waals surface area (Å²) in [6, 6.07) is 5.71. The van der Waals surface area contributed by atoms with Crippen molar-refractivity contribution >= 4 is 17.5 Å². The minimum absolute atomic E-state index is 0.0747. The predicted octanol–water partition coefficient (Wildman–Crippen LogP) is 3.41. The highest BCUT2D eigenvalue weighted by atomic mass is 16.5. The number of methoxy groups -OCH3 is 1. The van der Waals surface area contributed by atoms with Gasteiger partial charge in [0.05, 0.1) is 18.7 Å². The van der Waals surface area contributed by atoms with Crippen molar-refractivity contribution < 1.29 is 18.8 Å². The molecule has 0 spiro atoms. The third-order valence-electron chi connectivity index (χ3n) is 6.40. The van der Waals surface area contributed by atoms with E-state index in [-0.39, 0.29) is 18.2 Å². The van der Waals surface area contributed by atoms with Crippen LogP contribution in [0, 0.1) is 19.8 Å². The largest absolute Gasteiger partial charge is 0.495 e. The Morgan fingerprint density at radius 3 is 2.61 bits per heavy atom. The summed E-state index contributed by atoms with van der Waals surface area (Å²) in [5, 5.41) is 7.39. The van der Waals surface area contributed by atoms with Gasteiger partial charge in [-0.05, 0) is 37.5 Å². The molecular weight excluding hydrogens is 396 g/mol. The zero-order chi connectivity index (χ0) is 22.0. The number of ether oxygens (including phenoxy) is 1. The van der Waals surface area contributed by atoms with E-state index < -0.39 is 11.5 Å². The molecule has 8 nitrogen and oxygen atoms in total. The summed E-state index contributed by atoms with van der Waals surface area (Å²) >= 11 is 0. The van der Waals surface area contributed by atoms with E-state index in [1.54, 1.807) is 18.9 Å². The van der Waals surface area contributed by atoms with Gasteiger partial charge in [0.25, 0.3) is 0 Å². The Hall–Kier alpha value is -2.90. The fraction of sp³-hybridized carbons (Fsp3) is 0.565. The lowest BCUT2D eigenvalue weighted by atomic mass is 9.88. The van der Waals surface area contributed by atoms with Gasteiger partial charge in [-0.25, -0.2) is 0 Å². The number of anilines is 1. The molecule has 4 rings (SSSR count). The van der Waals surface area contributed by atoms with Crippen molar-refractivity contribution in [2.45, 2.75) is 64.3 Å². The SMILES string of the molecule is COc1ccc(C)cc1N1CC(C(=O)NC2(c3noc(C)n3)CCCCCC2)CC1=O. The van der Waals surface area contributed by atoms with Crippen LogP contribution in [0.3, 0.4) is 0 Å². The number of carbonyl (C=O) groups excluding carboxylic acids is 2. The Balaban J connectivity index is 1.55. The molecule has 1 aliphatic carbocycles. The molecule has 31 heavy (non-hydrogen) atoms. The van der Waals surface area contributed by atoms with E-state index in [0.29, 0.717) is 29.7 Å². The maximum absolute atomic E-state index is 13.3. The highest BCUT2D eigenvalue weighted by Crippen LogP contribution is 2.37. The second kappa shape index (κ2) is 8.69. The van der Waals surface area contributed by atoms with Gasteiger partial charge in [-0.1, -0.05) is 36.9 Å². The number of hydrogen-bond acceptors (Lipinski definition) is 6. The average Bonchev–Trinajstić information content (AvgIpc) is 3.28. The maximum atomic E-state index is 13.3. The molecule has 1 aromatic heterocycles. The van der Waals surface area contributed by atoms with Crippen LogP contribution in [0.2, 0.25) is 0 Å². The number of carbonyl (C=O) groups is 2. The summed E-state index contributed by atoms with van der Waals surface area (Å²) in [4.78, 5) is 32.3. The smallest absolute Gasteiger partial charge is 0.227 e. The van der Waals surface area contributed by atoms with Crippen molar-refractivity contribution in [1.82, 2.24) is 15.5 Å². The number of nitrogens with one attached hydrogen (secondary N) is 1. The van der Waals surface area contributed by atoms with Gasteiger partial charge < -0.3 is 19.5 Å². The molecule has 2 amide bonds. The first-order valence-corrected chi connectivity index (χ1v) is 11.0. The van der Waals surface area contributed by atoms with Crippen LogP contribution >= 0.6 is 0 Å². The van der Waals surface area contributed by atoms with Gasteiger partial charge in [0.1, 0.15) is 11.3 Å². The molecule has 2 fully saturated rings. The van der Waals surface area contributed by atoms with Crippen molar-refractivity contribution in [3.05, 3.63) is 35.5 Å². The molecule has 2 aromatic rings. The maximum Gasteiger partial charge on any atom is 0.227 e. The van der Waals surface area contributed by atoms with E-state index in [1.165, 1.54) is 0 Å². The highest BCUT2D eigenvalue weighted by molar-refractivity contribution is 6.01. The van der Waals surface area contributed by atoms with E-state index in [2.05, 4.69) is 15.5 Å². The summed E-state index contributed by atoms with van der Waals surface area (Å²) in [5.41, 5.74) is 1.10. The van der Waals surface area contributed by atoms with E-state index >= 15 is 0 Å². The van der Waals surface area contributed by atoms with E-state index in [1.807, 2.05) is 25.1 Å². The fourth-order valence-corrected chi connectivity index (χ4v) is 4.70. The molecule has 0 radical (unpaired) electrons. The lowest BCUT2D eigenvalue weighted by molar-refractivity contribution is -0.128. The molecule has 1 aromatic carbocycles. The first-order chi connectivity index (χ1) is 14.9. The molecule has 2 aliphatic rings. The number of amides is 2. The lowest BCUT2D eigenvalue weighted by Crippen LogP contribution is -2.49. The molecule has 1 aliphatic heterocycles. The first-order valence-electron chi connectivity index (χ1n) is 11.0. The summed E-state index contributed by atoms with van der Waals surface area (Å²) in [6.45, 7) is 4.05. The Labute approximate surface area is 182 Å². The molecule has 8 heteroatoms. The van der Waals surface area contributed by atoms with Crippen molar-refractivity contribution in [2.75, 3.05) is 18.6 Å². The standard InChI is InChI=1S/C23H30N4O4/c1-15-8-9-19(30-3)18(12-15)27-14-17(13-20(27)28)21(29)25-23(10-6-4-5-7-11-23)22-24-16(2)31-26-22/h8-9,12,17H,4-7,10-11,13-14H2,1-3H3,(H,25,29). The lowest BCUT2D eigenvalue weighted by Gasteiger charge is -2.32. The molecule has 1 unspecified atom stereocenters. The Morgan fingerprint density at radius 2 is 1.97 bits per heavy atom. The third kappa shape index (κ3) is 4.29. The second-order valence-corrected chi connectivity index (χ2v) is 8.70. The van der Waals surface area contributed by atoms with Crippen molar-refractivity contribution in [1.29, 1.82) is 0 Å². The molecule has 1 atom stereocenters. The molecule has 1 saturated heterocycles. The molecule has 0 bridgehead atoms. The summed E-state index contributed by atoms with van der Waals surface area (Å²) in [5.74, 6) is 1.01. The Bertz CT molecular complexity index is 962. The summed E-state index contributed by atoms with van der Waals surface area (Å²) < 4.78 is 10.7. The van der Waals surface area contributed by atoms with E-state index in [9.17, 15) is 9.59 Å². The minimum atomic E-state index is -0.636. The number of nitrogens with zero attached hydrogens (tertiary/aromatic N) is 3. The minimum Gasteiger partial charge on any atom is -0.495 e. The normalized spacial score (nSPS) is 21.1. The van der Waals surface area contributed by atoms with E-state index in [4.69, 9.17) is 9.26 Å². The van der Waals surface area contributed by atoms with Crippen LogP contribution in [-0.4, -0.2) is 35.6 Å². The van der Waals surface area contributed by atoms with Crippen LogP contribution in [-0.2, 0) is 15.1 Å². The quantitative estimate of drug-likeness (QED) is 0.736. The van der Waals surface area contributed by atoms with Crippen LogP contribution in [0.1, 0.15) is 62.2 Å². The third-order valence-corrected chi connectivity index (χ3v) is 6.40. The summed E-state index contributed by atoms with van der Waals surface area (Å²) in [6.07, 6.45) is 5.94. The molecule has 166 valence electrons. The monoisotopic (exact) mass is 426 g/mol. The topological polar surface area (TPSA) is 97.6 Å². The van der Waals surface area contributed by atoms with Crippen molar-refractivity contribution in [3.8, 4) is 5.75 Å². The van der Waals surface area contributed by atoms with Gasteiger partial charge in [0, 0.05) is 19.9 Å². The second-order valence-electron chi connectivity index (χ2n) is 8.70. The van der Waals surface area contributed by atoms with Crippen LogP contribution in [0.25, 0.3) is 0 Å². The summed E-state index contributed by atoms with van der Waals surface area (Å²) in [7, 11) is 1.58. The van der Waals surface area contributed by atoms with Crippen LogP contribution in [0.15, 0.2) is 22.7 Å². The van der Waals surface area contributed by atoms with Gasteiger partial charge in [0.15, 0.2) is 5.82 Å². The van der Waals surface area contributed by atoms with Gasteiger partial charge >= 0.3 is 0 Å². The van der Waals surface area contributed by atoms with Gasteiger partial charge in [-0.15, -0.1) is 0 Å². The number of aromatic nitrogens is 2. The van der Waals surface area contributed by atoms with Crippen LogP contribution in [0.5, 0.6) is 5.75 Å². The zero-order valence-corrected chi connectivity index (χ0v) is 18.4. The molecule has 1 saturated carbocycles. The van der Waals surface area contributed by atoms with Gasteiger partial charge in [-0.2, -0.15) is 4.98 Å². The molecular formula is C23H30N4O4. The number of hydrogen-bond donors (Lipinski definition) is 1. The van der Waals surface area contributed by atoms with Gasteiger partial charge in [-0.3, -0.25) is 9.59 Å². The fourth-order valence-electron chi connectivity index (χ4n) is 4.70. The first kappa shape index (κ1) is 21.3. The van der Waals surface area contributed by atoms with Crippen LogP contribution < -0.4 is 15.0 Å². The molecule has 1 N–H and O–H groups in total. The van der Waals surface area contributed by atoms with Crippen LogP contribution in [0.4, 0.5) is 5.69 Å². The van der Waals surface area contributed by atoms with E-state index in [0.717, 1.165) is 44.1 Å². The predicted molar refractivity (Wildman–Crippen MR) is 115 cm³/mol. The van der Waals surface area contributed by atoms with Crippen molar-refractivity contribution in [3.63, 3.8) is 0 Å².